The van der Waals surface area contributed by atoms with E-state index in [0.29, 0.717) is 12.4 Å². The Kier molecular flexibility index (Phi) is 4.57. The summed E-state index contributed by atoms with van der Waals surface area (Å²) in [6, 6.07) is 13.2. The van der Waals surface area contributed by atoms with Gasteiger partial charge in [-0.3, -0.25) is 4.79 Å². The standard InChI is InChI=1S/C18H15BrN2O2/c1-2-23-17-10-8-13(19)11-12(17)7-9-16(22)18-20-14-5-3-4-6-15(14)21-18/h3-11H,2H2,1H3,(H,20,21)/b9-7+. The van der Waals surface area contributed by atoms with Crippen molar-refractivity contribution in [3.05, 3.63) is 64.4 Å². The topological polar surface area (TPSA) is 55.0 Å². The summed E-state index contributed by atoms with van der Waals surface area (Å²) in [5.41, 5.74) is 2.47. The molecule has 23 heavy (non-hydrogen) atoms. The molecule has 0 atom stereocenters. The van der Waals surface area contributed by atoms with Crippen molar-refractivity contribution in [3.63, 3.8) is 0 Å². The minimum Gasteiger partial charge on any atom is -0.493 e. The van der Waals surface area contributed by atoms with Crippen LogP contribution in [-0.4, -0.2) is 22.4 Å². The van der Waals surface area contributed by atoms with Gasteiger partial charge in [-0.05, 0) is 49.4 Å². The van der Waals surface area contributed by atoms with Crippen molar-refractivity contribution in [3.8, 4) is 5.75 Å². The van der Waals surface area contributed by atoms with Crippen LogP contribution in [-0.2, 0) is 0 Å². The van der Waals surface area contributed by atoms with Gasteiger partial charge in [-0.15, -0.1) is 0 Å². The van der Waals surface area contributed by atoms with Crippen molar-refractivity contribution in [2.45, 2.75) is 6.92 Å². The average Bonchev–Trinajstić information content (AvgIpc) is 2.99. The first-order chi connectivity index (χ1) is 11.2. The fourth-order valence-corrected chi connectivity index (χ4v) is 2.63. The average molecular weight is 371 g/mol. The lowest BCUT2D eigenvalue weighted by Gasteiger charge is -2.07. The Morgan fingerprint density at radius 1 is 1.30 bits per heavy atom. The molecular formula is C18H15BrN2O2. The van der Waals surface area contributed by atoms with Gasteiger partial charge in [-0.1, -0.05) is 28.1 Å². The van der Waals surface area contributed by atoms with E-state index in [0.717, 1.165) is 26.8 Å². The molecule has 0 saturated carbocycles. The first-order valence-corrected chi connectivity index (χ1v) is 8.06. The molecule has 1 aromatic heterocycles. The first-order valence-electron chi connectivity index (χ1n) is 7.27. The lowest BCUT2D eigenvalue weighted by Crippen LogP contribution is -1.97. The van der Waals surface area contributed by atoms with Crippen molar-refractivity contribution in [2.75, 3.05) is 6.61 Å². The number of para-hydroxylation sites is 2. The molecule has 0 unspecified atom stereocenters. The van der Waals surface area contributed by atoms with Gasteiger partial charge in [-0.2, -0.15) is 0 Å². The van der Waals surface area contributed by atoms with Crippen molar-refractivity contribution in [1.82, 2.24) is 9.97 Å². The Morgan fingerprint density at radius 3 is 2.91 bits per heavy atom. The lowest BCUT2D eigenvalue weighted by atomic mass is 10.1. The molecular weight excluding hydrogens is 356 g/mol. The SMILES string of the molecule is CCOc1ccc(Br)cc1/C=C/C(=O)c1nc2ccccc2[nH]1. The molecule has 0 saturated heterocycles. The van der Waals surface area contributed by atoms with Gasteiger partial charge in [-0.25, -0.2) is 4.98 Å². The number of aromatic nitrogens is 2. The number of hydrogen-bond acceptors (Lipinski definition) is 3. The maximum Gasteiger partial charge on any atom is 0.221 e. The summed E-state index contributed by atoms with van der Waals surface area (Å²) in [4.78, 5) is 19.6. The van der Waals surface area contributed by atoms with Crippen LogP contribution in [0.3, 0.4) is 0 Å². The molecule has 116 valence electrons. The lowest BCUT2D eigenvalue weighted by molar-refractivity contribution is 0.103. The summed E-state index contributed by atoms with van der Waals surface area (Å²) in [5.74, 6) is 0.892. The fourth-order valence-electron chi connectivity index (χ4n) is 2.25. The predicted octanol–water partition coefficient (Wildman–Crippen LogP) is 4.62. The number of aromatic amines is 1. The number of nitrogens with zero attached hydrogens (tertiary/aromatic N) is 1. The number of allylic oxidation sites excluding steroid dienone is 1. The second-order valence-corrected chi connectivity index (χ2v) is 5.83. The molecule has 0 radical (unpaired) electrons. The number of benzene rings is 2. The van der Waals surface area contributed by atoms with E-state index in [9.17, 15) is 4.79 Å². The molecule has 0 aliphatic heterocycles. The summed E-state index contributed by atoms with van der Waals surface area (Å²) in [6.45, 7) is 2.50. The first kappa shape index (κ1) is 15.5. The Balaban J connectivity index is 1.87. The molecule has 4 nitrogen and oxygen atoms in total. The Labute approximate surface area is 142 Å². The van der Waals surface area contributed by atoms with Crippen LogP contribution < -0.4 is 4.74 Å². The van der Waals surface area contributed by atoms with Crippen LogP contribution in [0.25, 0.3) is 17.1 Å². The number of fused-ring (bicyclic) bond motifs is 1. The zero-order valence-corrected chi connectivity index (χ0v) is 14.1. The number of H-pyrrole nitrogens is 1. The molecule has 0 fully saturated rings. The number of nitrogens with one attached hydrogen (secondary N) is 1. The molecule has 3 aromatic rings. The maximum absolute atomic E-state index is 12.3. The molecule has 0 spiro atoms. The Bertz CT molecular complexity index is 851. The van der Waals surface area contributed by atoms with Gasteiger partial charge in [0.1, 0.15) is 5.75 Å². The summed E-state index contributed by atoms with van der Waals surface area (Å²) >= 11 is 3.43. The molecule has 1 heterocycles. The number of rotatable bonds is 5. The van der Waals surface area contributed by atoms with Gasteiger partial charge in [0.15, 0.2) is 5.82 Å². The summed E-state index contributed by atoms with van der Waals surface area (Å²) in [7, 11) is 0. The molecule has 0 aliphatic rings. The molecule has 2 aromatic carbocycles. The van der Waals surface area contributed by atoms with Crippen LogP contribution in [0.1, 0.15) is 23.1 Å². The van der Waals surface area contributed by atoms with Crippen LogP contribution in [0.4, 0.5) is 0 Å². The molecule has 0 amide bonds. The van der Waals surface area contributed by atoms with Crippen LogP contribution in [0.2, 0.25) is 0 Å². The van der Waals surface area contributed by atoms with Gasteiger partial charge in [0.05, 0.1) is 17.6 Å². The third kappa shape index (κ3) is 3.51. The van der Waals surface area contributed by atoms with Crippen LogP contribution >= 0.6 is 15.9 Å². The van der Waals surface area contributed by atoms with E-state index in [1.165, 1.54) is 6.08 Å². The molecule has 3 rings (SSSR count). The number of carbonyl (C=O) groups excluding carboxylic acids is 1. The summed E-state index contributed by atoms with van der Waals surface area (Å²) in [6.07, 6.45) is 3.24. The highest BCUT2D eigenvalue weighted by Gasteiger charge is 2.09. The fraction of sp³-hybridized carbons (Fsp3) is 0.111. The van der Waals surface area contributed by atoms with Gasteiger partial charge < -0.3 is 9.72 Å². The van der Waals surface area contributed by atoms with E-state index in [-0.39, 0.29) is 5.78 Å². The number of imidazole rings is 1. The van der Waals surface area contributed by atoms with Crippen molar-refractivity contribution in [2.24, 2.45) is 0 Å². The van der Waals surface area contributed by atoms with E-state index in [1.807, 2.05) is 49.4 Å². The predicted molar refractivity (Wildman–Crippen MR) is 94.8 cm³/mol. The molecule has 5 heteroatoms. The number of ether oxygens (including phenoxy) is 1. The van der Waals surface area contributed by atoms with Crippen LogP contribution in [0, 0.1) is 0 Å². The summed E-state index contributed by atoms with van der Waals surface area (Å²) < 4.78 is 6.50. The largest absolute Gasteiger partial charge is 0.493 e. The minimum absolute atomic E-state index is 0.177. The summed E-state index contributed by atoms with van der Waals surface area (Å²) in [5, 5.41) is 0. The van der Waals surface area contributed by atoms with E-state index >= 15 is 0 Å². The van der Waals surface area contributed by atoms with E-state index in [4.69, 9.17) is 4.74 Å². The van der Waals surface area contributed by atoms with Crippen LogP contribution in [0.15, 0.2) is 53.0 Å². The minimum atomic E-state index is -0.177. The molecule has 0 aliphatic carbocycles. The van der Waals surface area contributed by atoms with Gasteiger partial charge in [0, 0.05) is 10.0 Å². The van der Waals surface area contributed by atoms with Gasteiger partial charge in [0.25, 0.3) is 0 Å². The zero-order chi connectivity index (χ0) is 16.2. The highest BCUT2D eigenvalue weighted by molar-refractivity contribution is 9.10. The van der Waals surface area contributed by atoms with E-state index in [1.54, 1.807) is 6.08 Å². The smallest absolute Gasteiger partial charge is 0.221 e. The second kappa shape index (κ2) is 6.79. The van der Waals surface area contributed by atoms with Crippen LogP contribution in [0.5, 0.6) is 5.75 Å². The second-order valence-electron chi connectivity index (χ2n) is 4.92. The highest BCUT2D eigenvalue weighted by atomic mass is 79.9. The number of hydrogen-bond donors (Lipinski definition) is 1. The number of carbonyl (C=O) groups is 1. The van der Waals surface area contributed by atoms with Crippen molar-refractivity contribution < 1.29 is 9.53 Å². The molecule has 1 N–H and O–H groups in total. The van der Waals surface area contributed by atoms with Gasteiger partial charge in [0.2, 0.25) is 5.78 Å². The number of halogens is 1. The zero-order valence-electron chi connectivity index (χ0n) is 12.5. The maximum atomic E-state index is 12.3. The Hall–Kier alpha value is -2.40. The Morgan fingerprint density at radius 2 is 2.13 bits per heavy atom. The van der Waals surface area contributed by atoms with Crippen molar-refractivity contribution >= 4 is 38.8 Å². The van der Waals surface area contributed by atoms with Gasteiger partial charge >= 0.3 is 0 Å². The quantitative estimate of drug-likeness (QED) is 0.526. The third-order valence-corrected chi connectivity index (χ3v) is 3.80. The monoisotopic (exact) mass is 370 g/mol. The molecule has 0 bridgehead atoms. The normalized spacial score (nSPS) is 11.2. The van der Waals surface area contributed by atoms with E-state index < -0.39 is 0 Å². The van der Waals surface area contributed by atoms with E-state index in [2.05, 4.69) is 25.9 Å². The number of ketones is 1. The van der Waals surface area contributed by atoms with Crippen molar-refractivity contribution in [1.29, 1.82) is 0 Å². The third-order valence-electron chi connectivity index (χ3n) is 3.31. The highest BCUT2D eigenvalue weighted by Crippen LogP contribution is 2.24.